The second kappa shape index (κ2) is 7.44. The SMILES string of the molecule is Brc1cccnc1SCCCNc1ccccc1. The molecule has 0 aliphatic rings. The van der Waals surface area contributed by atoms with Gasteiger partial charge in [-0.15, -0.1) is 11.8 Å². The molecular formula is C14H15BrN2S. The molecule has 2 aromatic rings. The Morgan fingerprint density at radius 3 is 2.72 bits per heavy atom. The summed E-state index contributed by atoms with van der Waals surface area (Å²) >= 11 is 5.29. The molecule has 94 valence electrons. The van der Waals surface area contributed by atoms with E-state index >= 15 is 0 Å². The molecule has 0 spiro atoms. The summed E-state index contributed by atoms with van der Waals surface area (Å²) in [7, 11) is 0. The lowest BCUT2D eigenvalue weighted by Crippen LogP contribution is -2.02. The first-order valence-electron chi connectivity index (χ1n) is 5.88. The number of rotatable bonds is 6. The number of hydrogen-bond donors (Lipinski definition) is 1. The highest BCUT2D eigenvalue weighted by Crippen LogP contribution is 2.24. The van der Waals surface area contributed by atoms with Gasteiger partial charge in [-0.1, -0.05) is 18.2 Å². The van der Waals surface area contributed by atoms with Gasteiger partial charge in [-0.3, -0.25) is 0 Å². The molecule has 0 unspecified atom stereocenters. The van der Waals surface area contributed by atoms with Crippen LogP contribution in [0.15, 0.2) is 58.2 Å². The summed E-state index contributed by atoms with van der Waals surface area (Å²) in [5, 5.41) is 4.47. The Balaban J connectivity index is 1.66. The number of pyridine rings is 1. The number of nitrogens with zero attached hydrogens (tertiary/aromatic N) is 1. The second-order valence-electron chi connectivity index (χ2n) is 3.79. The van der Waals surface area contributed by atoms with Crippen molar-refractivity contribution < 1.29 is 0 Å². The van der Waals surface area contributed by atoms with E-state index in [0.29, 0.717) is 0 Å². The fourth-order valence-corrected chi connectivity index (χ4v) is 2.93. The zero-order valence-corrected chi connectivity index (χ0v) is 12.4. The van der Waals surface area contributed by atoms with Crippen LogP contribution in [0.1, 0.15) is 6.42 Å². The first-order chi connectivity index (χ1) is 8.86. The van der Waals surface area contributed by atoms with Crippen LogP contribution in [0.2, 0.25) is 0 Å². The van der Waals surface area contributed by atoms with Crippen LogP contribution in [0.3, 0.4) is 0 Å². The van der Waals surface area contributed by atoms with Crippen LogP contribution in [-0.2, 0) is 0 Å². The molecule has 0 bridgehead atoms. The molecule has 18 heavy (non-hydrogen) atoms. The molecule has 0 atom stereocenters. The highest BCUT2D eigenvalue weighted by atomic mass is 79.9. The van der Waals surface area contributed by atoms with Crippen molar-refractivity contribution in [1.82, 2.24) is 4.98 Å². The number of halogens is 1. The second-order valence-corrected chi connectivity index (χ2v) is 5.72. The van der Waals surface area contributed by atoms with Gasteiger partial charge < -0.3 is 5.32 Å². The molecule has 0 saturated carbocycles. The highest BCUT2D eigenvalue weighted by Gasteiger charge is 2.00. The van der Waals surface area contributed by atoms with E-state index < -0.39 is 0 Å². The van der Waals surface area contributed by atoms with Crippen LogP contribution >= 0.6 is 27.7 Å². The Hall–Kier alpha value is -1.00. The van der Waals surface area contributed by atoms with E-state index in [2.05, 4.69) is 38.4 Å². The molecule has 1 N–H and O–H groups in total. The van der Waals surface area contributed by atoms with Gasteiger partial charge in [0.05, 0.1) is 0 Å². The molecule has 1 heterocycles. The number of thioether (sulfide) groups is 1. The maximum absolute atomic E-state index is 4.33. The van der Waals surface area contributed by atoms with Gasteiger partial charge in [-0.25, -0.2) is 4.98 Å². The summed E-state index contributed by atoms with van der Waals surface area (Å²) < 4.78 is 1.08. The molecule has 0 aliphatic carbocycles. The Morgan fingerprint density at radius 2 is 1.94 bits per heavy atom. The standard InChI is InChI=1S/C14H15BrN2S/c15-13-8-4-9-17-14(13)18-11-5-10-16-12-6-2-1-3-7-12/h1-4,6-9,16H,5,10-11H2. The lowest BCUT2D eigenvalue weighted by atomic mass is 10.3. The minimum atomic E-state index is 0.988. The van der Waals surface area contributed by atoms with Crippen LogP contribution in [-0.4, -0.2) is 17.3 Å². The van der Waals surface area contributed by atoms with Crippen LogP contribution in [0, 0.1) is 0 Å². The van der Waals surface area contributed by atoms with E-state index in [-0.39, 0.29) is 0 Å². The highest BCUT2D eigenvalue weighted by molar-refractivity contribution is 9.10. The van der Waals surface area contributed by atoms with Gasteiger partial charge in [0.2, 0.25) is 0 Å². The minimum absolute atomic E-state index is 0.988. The Morgan fingerprint density at radius 1 is 1.11 bits per heavy atom. The third kappa shape index (κ3) is 4.35. The zero-order valence-electron chi connectivity index (χ0n) is 9.97. The van der Waals surface area contributed by atoms with E-state index in [0.717, 1.165) is 28.2 Å². The van der Waals surface area contributed by atoms with Crippen molar-refractivity contribution >= 4 is 33.4 Å². The Labute approximate surface area is 120 Å². The summed E-state index contributed by atoms with van der Waals surface area (Å²) in [4.78, 5) is 4.33. The predicted octanol–water partition coefficient (Wildman–Crippen LogP) is 4.44. The lowest BCUT2D eigenvalue weighted by molar-refractivity contribution is 0.986. The number of anilines is 1. The first kappa shape index (κ1) is 13.4. The normalized spacial score (nSPS) is 10.3. The van der Waals surface area contributed by atoms with Crippen LogP contribution in [0.25, 0.3) is 0 Å². The smallest absolute Gasteiger partial charge is 0.110 e. The summed E-state index contributed by atoms with van der Waals surface area (Å²) in [6.45, 7) is 0.988. The number of nitrogens with one attached hydrogen (secondary N) is 1. The van der Waals surface area contributed by atoms with Gasteiger partial charge in [0.25, 0.3) is 0 Å². The Kier molecular flexibility index (Phi) is 5.55. The zero-order chi connectivity index (χ0) is 12.6. The maximum Gasteiger partial charge on any atom is 0.110 e. The van der Waals surface area contributed by atoms with E-state index in [1.807, 2.05) is 36.5 Å². The molecule has 0 amide bonds. The topological polar surface area (TPSA) is 24.9 Å². The minimum Gasteiger partial charge on any atom is -0.385 e. The molecule has 1 aromatic heterocycles. The number of benzene rings is 1. The number of hydrogen-bond acceptors (Lipinski definition) is 3. The molecule has 0 aliphatic heterocycles. The van der Waals surface area contributed by atoms with Crippen LogP contribution < -0.4 is 5.32 Å². The van der Waals surface area contributed by atoms with Gasteiger partial charge in [0, 0.05) is 28.7 Å². The fourth-order valence-electron chi connectivity index (χ4n) is 1.51. The number of para-hydroxylation sites is 1. The quantitative estimate of drug-likeness (QED) is 0.628. The van der Waals surface area contributed by atoms with Crippen molar-refractivity contribution in [2.75, 3.05) is 17.6 Å². The maximum atomic E-state index is 4.33. The van der Waals surface area contributed by atoms with Crippen LogP contribution in [0.4, 0.5) is 5.69 Å². The van der Waals surface area contributed by atoms with E-state index in [9.17, 15) is 0 Å². The fraction of sp³-hybridized carbons (Fsp3) is 0.214. The number of aromatic nitrogens is 1. The monoisotopic (exact) mass is 322 g/mol. The third-order valence-electron chi connectivity index (χ3n) is 2.39. The molecule has 4 heteroatoms. The van der Waals surface area contributed by atoms with E-state index in [1.165, 1.54) is 5.69 Å². The molecule has 2 nitrogen and oxygen atoms in total. The lowest BCUT2D eigenvalue weighted by Gasteiger charge is -2.06. The van der Waals surface area contributed by atoms with Gasteiger partial charge in [-0.05, 0) is 46.6 Å². The molecule has 0 saturated heterocycles. The van der Waals surface area contributed by atoms with E-state index in [1.54, 1.807) is 11.8 Å². The van der Waals surface area contributed by atoms with Crippen molar-refractivity contribution in [2.45, 2.75) is 11.4 Å². The first-order valence-corrected chi connectivity index (χ1v) is 7.66. The molecule has 2 rings (SSSR count). The van der Waals surface area contributed by atoms with Gasteiger partial charge >= 0.3 is 0 Å². The van der Waals surface area contributed by atoms with Crippen LogP contribution in [0.5, 0.6) is 0 Å². The van der Waals surface area contributed by atoms with Gasteiger partial charge in [0.15, 0.2) is 0 Å². The molecule has 1 aromatic carbocycles. The molecule has 0 fully saturated rings. The van der Waals surface area contributed by atoms with Crippen molar-refractivity contribution in [3.05, 3.63) is 53.1 Å². The predicted molar refractivity (Wildman–Crippen MR) is 82.2 cm³/mol. The van der Waals surface area contributed by atoms with Crippen molar-refractivity contribution in [1.29, 1.82) is 0 Å². The van der Waals surface area contributed by atoms with Gasteiger partial charge in [-0.2, -0.15) is 0 Å². The summed E-state index contributed by atoms with van der Waals surface area (Å²) in [6.07, 6.45) is 2.94. The van der Waals surface area contributed by atoms with Crippen molar-refractivity contribution in [3.63, 3.8) is 0 Å². The molecular weight excluding hydrogens is 308 g/mol. The van der Waals surface area contributed by atoms with Crippen molar-refractivity contribution in [3.8, 4) is 0 Å². The van der Waals surface area contributed by atoms with E-state index in [4.69, 9.17) is 0 Å². The van der Waals surface area contributed by atoms with Crippen molar-refractivity contribution in [2.24, 2.45) is 0 Å². The summed E-state index contributed by atoms with van der Waals surface area (Å²) in [5.74, 6) is 1.06. The average molecular weight is 323 g/mol. The summed E-state index contributed by atoms with van der Waals surface area (Å²) in [6, 6.07) is 14.2. The Bertz CT molecular complexity index is 476. The molecule has 0 radical (unpaired) electrons. The third-order valence-corrected chi connectivity index (χ3v) is 4.38. The average Bonchev–Trinajstić information content (AvgIpc) is 2.42. The summed E-state index contributed by atoms with van der Waals surface area (Å²) in [5.41, 5.74) is 1.18. The largest absolute Gasteiger partial charge is 0.385 e. The van der Waals surface area contributed by atoms with Gasteiger partial charge in [0.1, 0.15) is 5.03 Å².